The van der Waals surface area contributed by atoms with Crippen molar-refractivity contribution in [3.05, 3.63) is 0 Å². The van der Waals surface area contributed by atoms with Gasteiger partial charge in [-0.3, -0.25) is 0 Å². The van der Waals surface area contributed by atoms with Crippen molar-refractivity contribution in [3.63, 3.8) is 0 Å². The minimum absolute atomic E-state index is 0. The Labute approximate surface area is 88.9 Å². The summed E-state index contributed by atoms with van der Waals surface area (Å²) in [6.07, 6.45) is 0. The zero-order valence-electron chi connectivity index (χ0n) is 8.92. The molecule has 0 spiro atoms. The molecular weight excluding hydrogens is 154 g/mol. The molecule has 0 saturated carbocycles. The average Bonchev–Trinajstić information content (AvgIpc) is 1.90. The number of hydrogen-bond acceptors (Lipinski definition) is 3. The second-order valence-corrected chi connectivity index (χ2v) is 3.23. The number of rotatable bonds is 6. The Morgan fingerprint density at radius 1 is 1.00 bits per heavy atom. The topological polar surface area (TPSA) is 27.7 Å². The van der Waals surface area contributed by atoms with Gasteiger partial charge < -0.3 is 12.8 Å². The maximum absolute atomic E-state index is 5.22. The molecule has 0 atom stereocenters. The molecule has 0 aliphatic rings. The molecule has 0 unspecified atom stereocenters. The van der Waals surface area contributed by atoms with Crippen molar-refractivity contribution in [2.45, 2.75) is 20.8 Å². The Hall–Kier alpha value is 1.01. The standard InChI is InChI=1S/3C2H5O.Al.Li.H2.H/c3*1-2-3;;;;/h3*2H2,1H3;;;1H;/q3*-1;+3;+1;;-1. The van der Waals surface area contributed by atoms with Gasteiger partial charge in [-0.2, -0.15) is 0 Å². The summed E-state index contributed by atoms with van der Waals surface area (Å²) in [6, 6.07) is 0. The smallest absolute Gasteiger partial charge is 1.00 e. The van der Waals surface area contributed by atoms with Gasteiger partial charge in [0.2, 0.25) is 0 Å². The Morgan fingerprint density at radius 3 is 1.45 bits per heavy atom. The van der Waals surface area contributed by atoms with E-state index >= 15 is 0 Å². The fourth-order valence-electron chi connectivity index (χ4n) is 0.553. The maximum atomic E-state index is 5.22. The molecule has 0 amide bonds. The third-order valence-corrected chi connectivity index (χ3v) is 2.72. The van der Waals surface area contributed by atoms with Gasteiger partial charge in [0.25, 0.3) is 0 Å². The first-order valence-corrected chi connectivity index (χ1v) is 5.11. The molecule has 0 fully saturated rings. The van der Waals surface area contributed by atoms with Gasteiger partial charge in [-0.1, -0.05) is 0 Å². The summed E-state index contributed by atoms with van der Waals surface area (Å²) in [5, 5.41) is 0. The van der Waals surface area contributed by atoms with Crippen molar-refractivity contribution in [1.82, 2.24) is 0 Å². The molecule has 0 heterocycles. The van der Waals surface area contributed by atoms with Crippen LogP contribution >= 0.6 is 0 Å². The Kier molecular flexibility index (Phi) is 14.5. The molecule has 0 aromatic carbocycles. The van der Waals surface area contributed by atoms with Gasteiger partial charge in [-0.25, -0.2) is 0 Å². The van der Waals surface area contributed by atoms with Crippen LogP contribution in [0.15, 0.2) is 0 Å². The van der Waals surface area contributed by atoms with E-state index in [1.165, 1.54) is 0 Å². The van der Waals surface area contributed by atoms with Crippen molar-refractivity contribution in [3.8, 4) is 0 Å². The van der Waals surface area contributed by atoms with Crippen LogP contribution in [-0.2, 0) is 11.4 Å². The van der Waals surface area contributed by atoms with Crippen LogP contribution in [0.2, 0.25) is 0 Å². The first kappa shape index (κ1) is 14.5. The van der Waals surface area contributed by atoms with E-state index in [2.05, 4.69) is 0 Å². The van der Waals surface area contributed by atoms with E-state index in [0.717, 1.165) is 0 Å². The van der Waals surface area contributed by atoms with Crippen LogP contribution in [0.25, 0.3) is 0 Å². The molecule has 3 nitrogen and oxygen atoms in total. The molecule has 5 heteroatoms. The largest absolute Gasteiger partial charge is 1.00 e. The molecule has 0 N–H and O–H groups in total. The third kappa shape index (κ3) is 8.92. The van der Waals surface area contributed by atoms with Crippen LogP contribution in [0.4, 0.5) is 0 Å². The molecule has 0 aliphatic heterocycles. The second-order valence-electron chi connectivity index (χ2n) is 1.65. The van der Waals surface area contributed by atoms with Crippen LogP contribution in [0, 0.1) is 0 Å². The van der Waals surface area contributed by atoms with Crippen LogP contribution in [-0.4, -0.2) is 35.0 Å². The molecule has 0 radical (unpaired) electrons. The Bertz CT molecular complexity index is 68.6. The summed E-state index contributed by atoms with van der Waals surface area (Å²) < 4.78 is 15.7. The fourth-order valence-corrected chi connectivity index (χ4v) is 1.66. The molecule has 0 aromatic rings. The minimum Gasteiger partial charge on any atom is -1.00 e. The summed E-state index contributed by atoms with van der Waals surface area (Å²) in [4.78, 5) is 0. The zero-order chi connectivity index (χ0) is 7.82. The normalized spacial score (nSPS) is 9.00. The van der Waals surface area contributed by atoms with Crippen molar-refractivity contribution in [2.24, 2.45) is 0 Å². The first-order chi connectivity index (χ1) is 4.85. The quantitative estimate of drug-likeness (QED) is 0.454. The van der Waals surface area contributed by atoms with E-state index in [0.29, 0.717) is 19.8 Å². The van der Waals surface area contributed by atoms with Crippen LogP contribution in [0.3, 0.4) is 0 Å². The third-order valence-electron chi connectivity index (χ3n) is 0.908. The van der Waals surface area contributed by atoms with Crippen LogP contribution < -0.4 is 18.9 Å². The minimum atomic E-state index is -1.73. The second kappa shape index (κ2) is 11.0. The molecule has 11 heavy (non-hydrogen) atoms. The van der Waals surface area contributed by atoms with Gasteiger partial charge >= 0.3 is 34.0 Å². The summed E-state index contributed by atoms with van der Waals surface area (Å²) in [5.74, 6) is 0. The summed E-state index contributed by atoms with van der Waals surface area (Å²) >= 11 is -1.73. The molecule has 0 aromatic heterocycles. The molecular formula is C6H18AlLiO3. The van der Waals surface area contributed by atoms with Crippen LogP contribution in [0.5, 0.6) is 0 Å². The summed E-state index contributed by atoms with van der Waals surface area (Å²) in [6.45, 7) is 7.86. The number of hydrogen-bond donors (Lipinski definition) is 0. The van der Waals surface area contributed by atoms with Crippen molar-refractivity contribution in [2.75, 3.05) is 19.8 Å². The summed E-state index contributed by atoms with van der Waals surface area (Å²) in [7, 11) is 0. The monoisotopic (exact) mass is 172 g/mol. The van der Waals surface area contributed by atoms with Gasteiger partial charge in [0, 0.05) is 21.2 Å². The van der Waals surface area contributed by atoms with Gasteiger partial charge in [-0.05, 0) is 20.8 Å². The maximum Gasteiger partial charge on any atom is 1.00 e. The van der Waals surface area contributed by atoms with Crippen molar-refractivity contribution in [1.29, 1.82) is 0 Å². The SMILES string of the molecule is CC[O][Al]([O]CC)[O]CC.[H-].[HH].[Li+]. The fraction of sp³-hybridized carbons (Fsp3) is 1.00. The molecule has 0 aliphatic carbocycles. The van der Waals surface area contributed by atoms with E-state index < -0.39 is 15.1 Å². The predicted octanol–water partition coefficient (Wildman–Crippen LogP) is -1.56. The predicted molar refractivity (Wildman–Crippen MR) is 43.9 cm³/mol. The van der Waals surface area contributed by atoms with Crippen LogP contribution in [0.1, 0.15) is 23.6 Å². The Balaban J connectivity index is -0.000000135. The van der Waals surface area contributed by atoms with E-state index in [9.17, 15) is 0 Å². The van der Waals surface area contributed by atoms with Crippen molar-refractivity contribution >= 4 is 15.1 Å². The molecule has 0 saturated heterocycles. The van der Waals surface area contributed by atoms with Gasteiger partial charge in [-0.15, -0.1) is 0 Å². The van der Waals surface area contributed by atoms with Crippen molar-refractivity contribution < 1.29 is 33.1 Å². The Morgan fingerprint density at radius 2 is 1.27 bits per heavy atom. The molecule has 0 rings (SSSR count). The first-order valence-electron chi connectivity index (χ1n) is 3.69. The summed E-state index contributed by atoms with van der Waals surface area (Å²) in [5.41, 5.74) is 0. The van der Waals surface area contributed by atoms with E-state index in [4.69, 9.17) is 11.4 Å². The molecule has 0 bridgehead atoms. The van der Waals surface area contributed by atoms with Gasteiger partial charge in [0.05, 0.1) is 0 Å². The van der Waals surface area contributed by atoms with Gasteiger partial charge in [0.1, 0.15) is 0 Å². The average molecular weight is 172 g/mol. The van der Waals surface area contributed by atoms with Gasteiger partial charge in [0.15, 0.2) is 0 Å². The van der Waals surface area contributed by atoms with E-state index in [1.807, 2.05) is 20.8 Å². The van der Waals surface area contributed by atoms with E-state index in [-0.39, 0.29) is 21.7 Å². The molecule has 64 valence electrons. The zero-order valence-corrected chi connectivity index (χ0v) is 9.08. The van der Waals surface area contributed by atoms with E-state index in [1.54, 1.807) is 0 Å².